The van der Waals surface area contributed by atoms with Crippen molar-refractivity contribution in [3.63, 3.8) is 0 Å². The van der Waals surface area contributed by atoms with Gasteiger partial charge in [0.25, 0.3) is 0 Å². The van der Waals surface area contributed by atoms with Gasteiger partial charge in [0.1, 0.15) is 5.82 Å². The van der Waals surface area contributed by atoms with Gasteiger partial charge in [0.2, 0.25) is 5.96 Å². The number of hydrogen-bond acceptors (Lipinski definition) is 4. The molecule has 7 nitrogen and oxygen atoms in total. The molecule has 0 aliphatic heterocycles. The van der Waals surface area contributed by atoms with E-state index in [0.29, 0.717) is 12.5 Å². The average Bonchev–Trinajstić information content (AvgIpc) is 2.85. The molecule has 0 aromatic carbocycles. The lowest BCUT2D eigenvalue weighted by atomic mass is 10.4. The van der Waals surface area contributed by atoms with Crippen LogP contribution in [0.4, 0.5) is 0 Å². The van der Waals surface area contributed by atoms with Gasteiger partial charge in [-0.05, 0) is 0 Å². The summed E-state index contributed by atoms with van der Waals surface area (Å²) in [5.74, 6) is 1.47. The lowest BCUT2D eigenvalue weighted by molar-refractivity contribution is 0.656. The fraction of sp³-hybridized carbons (Fsp3) is 0.500. The Hall–Kier alpha value is -2.07. The van der Waals surface area contributed by atoms with Crippen molar-refractivity contribution < 1.29 is 0 Å². The van der Waals surface area contributed by atoms with Crippen molar-refractivity contribution in [2.24, 2.45) is 4.99 Å². The van der Waals surface area contributed by atoms with Crippen LogP contribution in [-0.2, 0) is 6.42 Å². The Morgan fingerprint density at radius 3 is 3.06 bits per heavy atom. The number of nitrogens with one attached hydrogen (secondary N) is 4. The molecule has 17 heavy (non-hydrogen) atoms. The van der Waals surface area contributed by atoms with Crippen LogP contribution in [0.5, 0.6) is 0 Å². The SMILES string of the molecule is CN=C(NC#N)NCCNCCc1ncc[nH]1. The maximum Gasteiger partial charge on any atom is 0.204 e. The van der Waals surface area contributed by atoms with E-state index in [1.54, 1.807) is 13.2 Å². The number of aromatic nitrogens is 2. The Labute approximate surface area is 100 Å². The van der Waals surface area contributed by atoms with Crippen molar-refractivity contribution in [2.75, 3.05) is 26.7 Å². The highest BCUT2D eigenvalue weighted by Gasteiger charge is 1.95. The van der Waals surface area contributed by atoms with E-state index in [2.05, 4.69) is 30.9 Å². The summed E-state index contributed by atoms with van der Waals surface area (Å²) in [6.45, 7) is 2.37. The highest BCUT2D eigenvalue weighted by atomic mass is 15.2. The molecule has 0 aliphatic carbocycles. The van der Waals surface area contributed by atoms with Crippen molar-refractivity contribution in [1.82, 2.24) is 25.9 Å². The molecule has 1 aromatic heterocycles. The van der Waals surface area contributed by atoms with Crippen LogP contribution in [-0.4, -0.2) is 42.6 Å². The van der Waals surface area contributed by atoms with E-state index in [4.69, 9.17) is 5.26 Å². The zero-order valence-corrected chi connectivity index (χ0v) is 9.82. The molecule has 0 atom stereocenters. The fourth-order valence-electron chi connectivity index (χ4n) is 1.27. The van der Waals surface area contributed by atoms with Crippen LogP contribution in [0.2, 0.25) is 0 Å². The molecule has 0 saturated carbocycles. The van der Waals surface area contributed by atoms with Crippen LogP contribution < -0.4 is 16.0 Å². The fourth-order valence-corrected chi connectivity index (χ4v) is 1.27. The average molecular weight is 235 g/mol. The molecule has 0 bridgehead atoms. The first-order valence-corrected chi connectivity index (χ1v) is 5.41. The van der Waals surface area contributed by atoms with Gasteiger partial charge in [-0.15, -0.1) is 0 Å². The van der Waals surface area contributed by atoms with Gasteiger partial charge < -0.3 is 15.6 Å². The van der Waals surface area contributed by atoms with E-state index in [9.17, 15) is 0 Å². The molecule has 7 heteroatoms. The molecule has 0 amide bonds. The molecule has 0 saturated heterocycles. The van der Waals surface area contributed by atoms with Gasteiger partial charge in [-0.1, -0.05) is 0 Å². The minimum atomic E-state index is 0.486. The highest BCUT2D eigenvalue weighted by molar-refractivity contribution is 5.80. The third-order valence-electron chi connectivity index (χ3n) is 2.09. The molecule has 4 N–H and O–H groups in total. The first kappa shape index (κ1) is 13.0. The van der Waals surface area contributed by atoms with Gasteiger partial charge in [0.15, 0.2) is 6.19 Å². The van der Waals surface area contributed by atoms with E-state index in [1.165, 1.54) is 0 Å². The maximum absolute atomic E-state index is 8.41. The Balaban J connectivity index is 1.99. The molecule has 1 heterocycles. The van der Waals surface area contributed by atoms with Crippen LogP contribution in [0, 0.1) is 11.5 Å². The van der Waals surface area contributed by atoms with Gasteiger partial charge in [-0.25, -0.2) is 4.98 Å². The third-order valence-corrected chi connectivity index (χ3v) is 2.09. The summed E-state index contributed by atoms with van der Waals surface area (Å²) in [6.07, 6.45) is 6.24. The molecule has 0 unspecified atom stereocenters. The van der Waals surface area contributed by atoms with E-state index < -0.39 is 0 Å². The number of guanidine groups is 1. The first-order valence-electron chi connectivity index (χ1n) is 5.41. The second kappa shape index (κ2) is 8.13. The Morgan fingerprint density at radius 1 is 1.53 bits per heavy atom. The minimum Gasteiger partial charge on any atom is -0.354 e. The van der Waals surface area contributed by atoms with Gasteiger partial charge >= 0.3 is 0 Å². The molecule has 92 valence electrons. The summed E-state index contributed by atoms with van der Waals surface area (Å²) in [6, 6.07) is 0. The molecule has 1 aromatic rings. The monoisotopic (exact) mass is 235 g/mol. The molecule has 0 spiro atoms. The number of aliphatic imine (C=N–C) groups is 1. The zero-order valence-electron chi connectivity index (χ0n) is 9.82. The second-order valence-corrected chi connectivity index (χ2v) is 3.27. The summed E-state index contributed by atoms with van der Waals surface area (Å²) >= 11 is 0. The number of rotatable bonds is 6. The Bertz CT molecular complexity index is 363. The van der Waals surface area contributed by atoms with E-state index in [1.807, 2.05) is 12.4 Å². The summed E-state index contributed by atoms with van der Waals surface area (Å²) in [7, 11) is 1.62. The largest absolute Gasteiger partial charge is 0.354 e. The molecular weight excluding hydrogens is 218 g/mol. The number of nitriles is 1. The Kier molecular flexibility index (Phi) is 6.21. The van der Waals surface area contributed by atoms with Crippen LogP contribution in [0.1, 0.15) is 5.82 Å². The Morgan fingerprint density at radius 2 is 2.41 bits per heavy atom. The summed E-state index contributed by atoms with van der Waals surface area (Å²) in [5.41, 5.74) is 0. The van der Waals surface area contributed by atoms with Crippen molar-refractivity contribution in [3.8, 4) is 6.19 Å². The number of aromatic amines is 1. The van der Waals surface area contributed by atoms with Crippen LogP contribution >= 0.6 is 0 Å². The number of nitrogens with zero attached hydrogens (tertiary/aromatic N) is 3. The maximum atomic E-state index is 8.41. The molecule has 0 fully saturated rings. The predicted octanol–water partition coefficient (Wildman–Crippen LogP) is -0.812. The van der Waals surface area contributed by atoms with Gasteiger partial charge in [0.05, 0.1) is 0 Å². The molecule has 0 radical (unpaired) electrons. The van der Waals surface area contributed by atoms with Crippen molar-refractivity contribution in [1.29, 1.82) is 5.26 Å². The zero-order chi connectivity index (χ0) is 12.3. The molecule has 1 rings (SSSR count). The standard InChI is InChI=1S/C10H17N7/c1-12-10(17-8-11)16-5-4-13-3-2-9-14-6-7-15-9/h6-7,13H,2-5H2,1H3,(H,14,15)(H2,12,16,17). The van der Waals surface area contributed by atoms with Crippen molar-refractivity contribution in [2.45, 2.75) is 6.42 Å². The summed E-state index contributed by atoms with van der Waals surface area (Å²) in [5, 5.41) is 17.1. The smallest absolute Gasteiger partial charge is 0.204 e. The predicted molar refractivity (Wildman–Crippen MR) is 65.3 cm³/mol. The van der Waals surface area contributed by atoms with Gasteiger partial charge in [0, 0.05) is 45.5 Å². The number of H-pyrrole nitrogens is 1. The normalized spacial score (nSPS) is 10.9. The van der Waals surface area contributed by atoms with Crippen LogP contribution in [0.15, 0.2) is 17.4 Å². The van der Waals surface area contributed by atoms with Gasteiger partial charge in [-0.3, -0.25) is 10.3 Å². The van der Waals surface area contributed by atoms with Crippen molar-refractivity contribution >= 4 is 5.96 Å². The lowest BCUT2D eigenvalue weighted by Crippen LogP contribution is -2.38. The van der Waals surface area contributed by atoms with E-state index >= 15 is 0 Å². The van der Waals surface area contributed by atoms with Gasteiger partial charge in [-0.2, -0.15) is 5.26 Å². The highest BCUT2D eigenvalue weighted by Crippen LogP contribution is 1.87. The molecule has 0 aliphatic rings. The van der Waals surface area contributed by atoms with Crippen LogP contribution in [0.25, 0.3) is 0 Å². The van der Waals surface area contributed by atoms with E-state index in [0.717, 1.165) is 25.3 Å². The van der Waals surface area contributed by atoms with Crippen molar-refractivity contribution in [3.05, 3.63) is 18.2 Å². The summed E-state index contributed by atoms with van der Waals surface area (Å²) < 4.78 is 0. The first-order chi connectivity index (χ1) is 8.36. The topological polar surface area (TPSA) is 101 Å². The summed E-state index contributed by atoms with van der Waals surface area (Å²) in [4.78, 5) is 11.0. The van der Waals surface area contributed by atoms with E-state index in [-0.39, 0.29) is 0 Å². The second-order valence-electron chi connectivity index (χ2n) is 3.27. The third kappa shape index (κ3) is 5.53. The number of hydrogen-bond donors (Lipinski definition) is 4. The quantitative estimate of drug-likeness (QED) is 0.170. The van der Waals surface area contributed by atoms with Crippen LogP contribution in [0.3, 0.4) is 0 Å². The molecular formula is C10H17N7. The lowest BCUT2D eigenvalue weighted by Gasteiger charge is -2.07. The minimum absolute atomic E-state index is 0.486. The number of imidazole rings is 1.